The second kappa shape index (κ2) is 6.86. The molecule has 108 valence electrons. The molecule has 0 aliphatic heterocycles. The second-order valence-corrected chi connectivity index (χ2v) is 3.90. The number of benzene rings is 1. The maximum absolute atomic E-state index is 13.7. The van der Waals surface area contributed by atoms with Gasteiger partial charge < -0.3 is 9.47 Å². The summed E-state index contributed by atoms with van der Waals surface area (Å²) >= 11 is 0. The van der Waals surface area contributed by atoms with Crippen molar-refractivity contribution in [2.24, 2.45) is 0 Å². The first-order chi connectivity index (χ1) is 8.93. The molecule has 0 radical (unpaired) electrons. The van der Waals surface area contributed by atoms with Crippen LogP contribution >= 0.6 is 0 Å². The molecule has 2 nitrogen and oxygen atoms in total. The Morgan fingerprint density at radius 1 is 0.842 bits per heavy atom. The van der Waals surface area contributed by atoms with Gasteiger partial charge in [0.2, 0.25) is 0 Å². The minimum Gasteiger partial charge on any atom is -0.353 e. The normalized spacial score (nSPS) is 11.4. The van der Waals surface area contributed by atoms with Crippen molar-refractivity contribution in [2.75, 3.05) is 13.2 Å². The second-order valence-electron chi connectivity index (χ2n) is 3.90. The molecule has 0 N–H and O–H groups in total. The van der Waals surface area contributed by atoms with Crippen molar-refractivity contribution in [2.45, 2.75) is 33.5 Å². The van der Waals surface area contributed by atoms with E-state index >= 15 is 0 Å². The van der Waals surface area contributed by atoms with Crippen LogP contribution in [0.4, 0.5) is 17.6 Å². The molecule has 1 aromatic rings. The Labute approximate surface area is 109 Å². The first-order valence-electron chi connectivity index (χ1n) is 5.98. The first kappa shape index (κ1) is 15.9. The van der Waals surface area contributed by atoms with Crippen molar-refractivity contribution in [1.29, 1.82) is 0 Å². The van der Waals surface area contributed by atoms with Crippen molar-refractivity contribution < 1.29 is 27.0 Å². The van der Waals surface area contributed by atoms with Crippen LogP contribution in [-0.2, 0) is 15.9 Å². The highest BCUT2D eigenvalue weighted by molar-refractivity contribution is 5.29. The number of hydrogen-bond donors (Lipinski definition) is 0. The van der Waals surface area contributed by atoms with Crippen molar-refractivity contribution in [1.82, 2.24) is 0 Å². The number of ether oxygens (including phenoxy) is 2. The maximum Gasteiger partial charge on any atom is 0.165 e. The molecule has 0 aliphatic carbocycles. The van der Waals surface area contributed by atoms with Crippen LogP contribution in [0.2, 0.25) is 0 Å². The van der Waals surface area contributed by atoms with E-state index in [-0.39, 0.29) is 13.2 Å². The van der Waals surface area contributed by atoms with Crippen LogP contribution in [0.5, 0.6) is 0 Å². The van der Waals surface area contributed by atoms with Crippen LogP contribution < -0.4 is 0 Å². The van der Waals surface area contributed by atoms with Crippen molar-refractivity contribution >= 4 is 0 Å². The lowest BCUT2D eigenvalue weighted by atomic mass is 10.1. The fourth-order valence-corrected chi connectivity index (χ4v) is 1.67. The van der Waals surface area contributed by atoms with Gasteiger partial charge in [-0.1, -0.05) is 0 Å². The van der Waals surface area contributed by atoms with E-state index < -0.39 is 47.1 Å². The molecule has 0 aromatic heterocycles. The Balaban J connectivity index is 3.12. The SMILES string of the molecule is CCOC(Cc1c(F)c(F)c(C)c(F)c1F)OCC. The van der Waals surface area contributed by atoms with E-state index in [2.05, 4.69) is 0 Å². The smallest absolute Gasteiger partial charge is 0.165 e. The Bertz CT molecular complexity index is 414. The van der Waals surface area contributed by atoms with Crippen LogP contribution in [0, 0.1) is 30.2 Å². The fourth-order valence-electron chi connectivity index (χ4n) is 1.67. The van der Waals surface area contributed by atoms with E-state index in [0.717, 1.165) is 6.92 Å². The van der Waals surface area contributed by atoms with Crippen LogP contribution in [0.1, 0.15) is 25.0 Å². The largest absolute Gasteiger partial charge is 0.353 e. The lowest BCUT2D eigenvalue weighted by Gasteiger charge is -2.18. The molecule has 0 heterocycles. The monoisotopic (exact) mass is 280 g/mol. The minimum atomic E-state index is -1.40. The summed E-state index contributed by atoms with van der Waals surface area (Å²) in [6.45, 7) is 4.84. The van der Waals surface area contributed by atoms with Gasteiger partial charge in [0.1, 0.15) is 0 Å². The summed E-state index contributed by atoms with van der Waals surface area (Å²) < 4.78 is 64.3. The molecule has 0 fully saturated rings. The molecule has 0 saturated carbocycles. The van der Waals surface area contributed by atoms with E-state index in [0.29, 0.717) is 0 Å². The predicted molar refractivity (Wildman–Crippen MR) is 61.8 cm³/mol. The van der Waals surface area contributed by atoms with Gasteiger partial charge in [-0.2, -0.15) is 0 Å². The van der Waals surface area contributed by atoms with Crippen LogP contribution in [0.25, 0.3) is 0 Å². The third-order valence-electron chi connectivity index (χ3n) is 2.65. The maximum atomic E-state index is 13.7. The van der Waals surface area contributed by atoms with Crippen molar-refractivity contribution in [3.63, 3.8) is 0 Å². The van der Waals surface area contributed by atoms with Gasteiger partial charge in [0.05, 0.1) is 0 Å². The summed E-state index contributed by atoms with van der Waals surface area (Å²) in [6.07, 6.45) is -1.34. The van der Waals surface area contributed by atoms with Gasteiger partial charge in [0, 0.05) is 30.8 Å². The average molecular weight is 280 g/mol. The lowest BCUT2D eigenvalue weighted by molar-refractivity contribution is -0.135. The molecule has 0 unspecified atom stereocenters. The third-order valence-corrected chi connectivity index (χ3v) is 2.65. The summed E-state index contributed by atoms with van der Waals surface area (Å²) in [5.41, 5.74) is -1.38. The zero-order valence-electron chi connectivity index (χ0n) is 11.0. The standard InChI is InChI=1S/C13H16F4O2/c1-4-18-9(19-5-2)6-8-12(16)10(14)7(3)11(15)13(8)17/h9H,4-6H2,1-3H3. The van der Waals surface area contributed by atoms with Crippen LogP contribution in [-0.4, -0.2) is 19.5 Å². The summed E-state index contributed by atoms with van der Waals surface area (Å²) in [5, 5.41) is 0. The quantitative estimate of drug-likeness (QED) is 0.451. The zero-order valence-corrected chi connectivity index (χ0v) is 11.0. The Kier molecular flexibility index (Phi) is 5.75. The van der Waals surface area contributed by atoms with Crippen LogP contribution in [0.3, 0.4) is 0 Å². The van der Waals surface area contributed by atoms with E-state index in [4.69, 9.17) is 9.47 Å². The first-order valence-corrected chi connectivity index (χ1v) is 5.98. The Hall–Kier alpha value is -1.14. The van der Waals surface area contributed by atoms with E-state index in [1.807, 2.05) is 0 Å². The Morgan fingerprint density at radius 3 is 1.63 bits per heavy atom. The highest BCUT2D eigenvalue weighted by Crippen LogP contribution is 2.25. The van der Waals surface area contributed by atoms with E-state index in [1.54, 1.807) is 13.8 Å². The molecule has 0 bridgehead atoms. The van der Waals surface area contributed by atoms with Gasteiger partial charge in [0.15, 0.2) is 29.6 Å². The molecule has 6 heteroatoms. The zero-order chi connectivity index (χ0) is 14.6. The minimum absolute atomic E-state index is 0.255. The van der Waals surface area contributed by atoms with Gasteiger partial charge in [-0.3, -0.25) is 0 Å². The molecular weight excluding hydrogens is 264 g/mol. The average Bonchev–Trinajstić information content (AvgIpc) is 2.39. The molecule has 1 rings (SSSR count). The summed E-state index contributed by atoms with van der Waals surface area (Å²) in [5.74, 6) is -5.58. The number of rotatable bonds is 6. The fraction of sp³-hybridized carbons (Fsp3) is 0.538. The topological polar surface area (TPSA) is 18.5 Å². The molecule has 0 aliphatic rings. The molecule has 0 spiro atoms. The summed E-state index contributed by atoms with van der Waals surface area (Å²) in [6, 6.07) is 0. The van der Waals surface area contributed by atoms with Gasteiger partial charge in [-0.05, 0) is 20.8 Å². The Morgan fingerprint density at radius 2 is 1.26 bits per heavy atom. The van der Waals surface area contributed by atoms with Crippen molar-refractivity contribution in [3.8, 4) is 0 Å². The highest BCUT2D eigenvalue weighted by atomic mass is 19.2. The molecule has 0 atom stereocenters. The van der Waals surface area contributed by atoms with Gasteiger partial charge >= 0.3 is 0 Å². The number of hydrogen-bond acceptors (Lipinski definition) is 2. The third kappa shape index (κ3) is 3.45. The van der Waals surface area contributed by atoms with Gasteiger partial charge in [-0.15, -0.1) is 0 Å². The summed E-state index contributed by atoms with van der Waals surface area (Å²) in [4.78, 5) is 0. The molecule has 19 heavy (non-hydrogen) atoms. The summed E-state index contributed by atoms with van der Waals surface area (Å²) in [7, 11) is 0. The van der Waals surface area contributed by atoms with Crippen LogP contribution in [0.15, 0.2) is 0 Å². The number of halogens is 4. The molecule has 1 aromatic carbocycles. The van der Waals surface area contributed by atoms with Gasteiger partial charge in [-0.25, -0.2) is 17.6 Å². The predicted octanol–water partition coefficient (Wildman–Crippen LogP) is 3.49. The molecule has 0 saturated heterocycles. The van der Waals surface area contributed by atoms with Crippen molar-refractivity contribution in [3.05, 3.63) is 34.4 Å². The molecular formula is C13H16F4O2. The van der Waals surface area contributed by atoms with E-state index in [9.17, 15) is 17.6 Å². The van der Waals surface area contributed by atoms with Gasteiger partial charge in [0.25, 0.3) is 0 Å². The molecule has 0 amide bonds. The lowest BCUT2D eigenvalue weighted by Crippen LogP contribution is -2.22. The van der Waals surface area contributed by atoms with E-state index in [1.165, 1.54) is 0 Å². The highest BCUT2D eigenvalue weighted by Gasteiger charge is 2.25.